The molecule has 4 aliphatic rings. The number of pyridine rings is 1. The van der Waals surface area contributed by atoms with Gasteiger partial charge in [-0.25, -0.2) is 4.98 Å². The van der Waals surface area contributed by atoms with Gasteiger partial charge in [0.2, 0.25) is 11.8 Å². The highest BCUT2D eigenvalue weighted by atomic mass is 19.4. The number of nitrogens with zero attached hydrogens (tertiary/aromatic N) is 1. The van der Waals surface area contributed by atoms with Crippen LogP contribution in [0.15, 0.2) is 30.5 Å². The van der Waals surface area contributed by atoms with Crippen molar-refractivity contribution in [3.05, 3.63) is 36.0 Å². The van der Waals surface area contributed by atoms with Crippen molar-refractivity contribution in [1.82, 2.24) is 10.3 Å². The molecule has 0 bridgehead atoms. The van der Waals surface area contributed by atoms with Crippen molar-refractivity contribution in [2.24, 2.45) is 34.5 Å². The highest BCUT2D eigenvalue weighted by Crippen LogP contribution is 2.65. The molecule has 7 atom stereocenters. The second kappa shape index (κ2) is 8.09. The van der Waals surface area contributed by atoms with Gasteiger partial charge in [0.05, 0.1) is 5.56 Å². The van der Waals surface area contributed by atoms with Gasteiger partial charge in [-0.05, 0) is 85.8 Å². The van der Waals surface area contributed by atoms with Crippen LogP contribution in [0.4, 0.5) is 19.0 Å². The molecule has 5 nitrogen and oxygen atoms in total. The summed E-state index contributed by atoms with van der Waals surface area (Å²) < 4.78 is 38.3. The third-order valence-electron chi connectivity index (χ3n) is 9.67. The number of rotatable bonds is 3. The van der Waals surface area contributed by atoms with Crippen molar-refractivity contribution in [2.45, 2.75) is 71.0 Å². The summed E-state index contributed by atoms with van der Waals surface area (Å²) >= 11 is 0. The summed E-state index contributed by atoms with van der Waals surface area (Å²) in [4.78, 5) is 28.5. The average Bonchev–Trinajstić information content (AvgIpc) is 3.10. The maximum absolute atomic E-state index is 12.8. The Morgan fingerprint density at radius 3 is 2.65 bits per heavy atom. The third-order valence-corrected chi connectivity index (χ3v) is 9.67. The lowest BCUT2D eigenvalue weighted by Crippen LogP contribution is -2.59. The Hall–Kier alpha value is -2.38. The molecule has 2 N–H and O–H groups in total. The Bertz CT molecular complexity index is 1010. The molecule has 8 heteroatoms. The van der Waals surface area contributed by atoms with Gasteiger partial charge in [-0.1, -0.05) is 19.9 Å². The van der Waals surface area contributed by atoms with Crippen LogP contribution >= 0.6 is 0 Å². The molecule has 1 aliphatic heterocycles. The van der Waals surface area contributed by atoms with Crippen LogP contribution in [-0.2, 0) is 15.8 Å². The van der Waals surface area contributed by atoms with Crippen LogP contribution in [0.5, 0.6) is 0 Å². The predicted octanol–water partition coefficient (Wildman–Crippen LogP) is 5.34. The van der Waals surface area contributed by atoms with Gasteiger partial charge in [0.1, 0.15) is 5.82 Å². The van der Waals surface area contributed by atoms with Crippen molar-refractivity contribution in [3.8, 4) is 0 Å². The van der Waals surface area contributed by atoms with Gasteiger partial charge in [-0.15, -0.1) is 0 Å². The summed E-state index contributed by atoms with van der Waals surface area (Å²) in [6.45, 7) is 4.63. The maximum Gasteiger partial charge on any atom is 0.417 e. The van der Waals surface area contributed by atoms with Crippen LogP contribution in [0.2, 0.25) is 0 Å². The first-order chi connectivity index (χ1) is 16.0. The molecule has 184 valence electrons. The molecule has 0 radical (unpaired) electrons. The molecule has 2 amide bonds. The molecule has 0 unspecified atom stereocenters. The Morgan fingerprint density at radius 1 is 1.15 bits per heavy atom. The summed E-state index contributed by atoms with van der Waals surface area (Å²) in [6.07, 6.45) is 6.84. The lowest BCUT2D eigenvalue weighted by Gasteiger charge is -2.59. The molecule has 3 saturated carbocycles. The minimum Gasteiger partial charge on any atom is -0.349 e. The molecule has 1 aromatic heterocycles. The van der Waals surface area contributed by atoms with E-state index in [1.807, 2.05) is 0 Å². The molecule has 0 saturated heterocycles. The lowest BCUT2D eigenvalue weighted by atomic mass is 9.48. The zero-order valence-corrected chi connectivity index (χ0v) is 19.6. The molecular weight excluding hydrogens is 443 g/mol. The van der Waals surface area contributed by atoms with Crippen molar-refractivity contribution < 1.29 is 22.8 Å². The summed E-state index contributed by atoms with van der Waals surface area (Å²) in [5, 5.41) is 5.88. The topological polar surface area (TPSA) is 71.1 Å². The Balaban J connectivity index is 1.26. The fourth-order valence-corrected chi connectivity index (χ4v) is 7.83. The van der Waals surface area contributed by atoms with E-state index in [4.69, 9.17) is 0 Å². The number of fused-ring (bicyclic) bond motifs is 5. The summed E-state index contributed by atoms with van der Waals surface area (Å²) in [5.41, 5.74) is -0.761. The first-order valence-electron chi connectivity index (χ1n) is 12.3. The standard InChI is InChI=1S/C26H32F3N3O2/c1-24-11-9-19-17(5-7-20-25(19,2)12-10-22(33)31-20)18(24)6-3-15(24)13-23(34)32-21-8-4-16(14-30-21)26(27,28)29/h4,8,10,12,14-15,17-20H,3,5-7,9,11,13H2,1-2H3,(H,31,33)(H,30,32,34)/t15-,17+,18+,19+,20-,24-,25-/m1/s1. The SMILES string of the molecule is C[C@]12C=CC(=O)N[C@@H]1CC[C@@H]1[C@@H]2CC[C@]2(C)[C@@H](CC(=O)Nc3ccc(C(F)(F)F)cn3)CC[C@@H]12. The average molecular weight is 476 g/mol. The van der Waals surface area contributed by atoms with Gasteiger partial charge >= 0.3 is 6.18 Å². The van der Waals surface area contributed by atoms with E-state index in [0.717, 1.165) is 50.8 Å². The van der Waals surface area contributed by atoms with E-state index < -0.39 is 11.7 Å². The van der Waals surface area contributed by atoms with Crippen LogP contribution in [0.1, 0.15) is 64.4 Å². The van der Waals surface area contributed by atoms with Gasteiger partial charge in [0.25, 0.3) is 0 Å². The van der Waals surface area contributed by atoms with Gasteiger partial charge in [-0.2, -0.15) is 13.2 Å². The van der Waals surface area contributed by atoms with Crippen molar-refractivity contribution in [1.29, 1.82) is 0 Å². The van der Waals surface area contributed by atoms with Crippen LogP contribution < -0.4 is 10.6 Å². The third kappa shape index (κ3) is 3.83. The molecule has 1 aromatic rings. The van der Waals surface area contributed by atoms with Crippen molar-refractivity contribution >= 4 is 17.6 Å². The Morgan fingerprint density at radius 2 is 1.94 bits per heavy atom. The normalized spacial score (nSPS) is 39.0. The maximum atomic E-state index is 12.8. The largest absolute Gasteiger partial charge is 0.417 e. The lowest BCUT2D eigenvalue weighted by molar-refractivity contribution is -0.137. The van der Waals surface area contributed by atoms with Gasteiger partial charge in [0, 0.05) is 24.1 Å². The number of amides is 2. The quantitative estimate of drug-likeness (QED) is 0.620. The summed E-state index contributed by atoms with van der Waals surface area (Å²) in [5.74, 6) is 1.90. The van der Waals surface area contributed by atoms with E-state index in [0.29, 0.717) is 24.2 Å². The van der Waals surface area contributed by atoms with E-state index >= 15 is 0 Å². The second-order valence-electron chi connectivity index (χ2n) is 11.2. The van der Waals surface area contributed by atoms with E-state index in [-0.39, 0.29) is 40.4 Å². The molecule has 5 rings (SSSR count). The fourth-order valence-electron chi connectivity index (χ4n) is 7.83. The van der Waals surface area contributed by atoms with Gasteiger partial charge < -0.3 is 10.6 Å². The van der Waals surface area contributed by atoms with Crippen LogP contribution in [-0.4, -0.2) is 22.8 Å². The number of halogens is 3. The molecule has 34 heavy (non-hydrogen) atoms. The molecule has 0 spiro atoms. The molecule has 3 fully saturated rings. The highest BCUT2D eigenvalue weighted by molar-refractivity contribution is 5.90. The smallest absolute Gasteiger partial charge is 0.349 e. The second-order valence-corrected chi connectivity index (χ2v) is 11.2. The number of carbonyl (C=O) groups excluding carboxylic acids is 2. The number of aromatic nitrogens is 1. The van der Waals surface area contributed by atoms with Crippen molar-refractivity contribution in [2.75, 3.05) is 5.32 Å². The number of anilines is 1. The monoisotopic (exact) mass is 475 g/mol. The Kier molecular flexibility index (Phi) is 5.56. The summed E-state index contributed by atoms with van der Waals surface area (Å²) in [6, 6.07) is 2.35. The number of hydrogen-bond donors (Lipinski definition) is 2. The van der Waals surface area contributed by atoms with E-state index in [1.54, 1.807) is 6.08 Å². The number of carbonyl (C=O) groups is 2. The first-order valence-corrected chi connectivity index (χ1v) is 12.3. The molecule has 3 aliphatic carbocycles. The zero-order valence-electron chi connectivity index (χ0n) is 19.6. The molecular formula is C26H32F3N3O2. The molecule has 0 aromatic carbocycles. The minimum atomic E-state index is -4.45. The highest BCUT2D eigenvalue weighted by Gasteiger charge is 2.59. The van der Waals surface area contributed by atoms with Crippen LogP contribution in [0, 0.1) is 34.5 Å². The van der Waals surface area contributed by atoms with Gasteiger partial charge in [0.15, 0.2) is 0 Å². The fraction of sp³-hybridized carbons (Fsp3) is 0.654. The first kappa shape index (κ1) is 23.4. The summed E-state index contributed by atoms with van der Waals surface area (Å²) in [7, 11) is 0. The van der Waals surface area contributed by atoms with E-state index in [2.05, 4.69) is 35.5 Å². The van der Waals surface area contributed by atoms with E-state index in [1.165, 1.54) is 6.07 Å². The Labute approximate surface area is 198 Å². The number of hydrogen-bond acceptors (Lipinski definition) is 3. The zero-order chi connectivity index (χ0) is 24.3. The number of nitrogens with one attached hydrogen (secondary N) is 2. The molecule has 2 heterocycles. The minimum absolute atomic E-state index is 0.0102. The van der Waals surface area contributed by atoms with Crippen LogP contribution in [0.3, 0.4) is 0 Å². The van der Waals surface area contributed by atoms with E-state index in [9.17, 15) is 22.8 Å². The van der Waals surface area contributed by atoms with Crippen LogP contribution in [0.25, 0.3) is 0 Å². The van der Waals surface area contributed by atoms with Crippen molar-refractivity contribution in [3.63, 3.8) is 0 Å². The van der Waals surface area contributed by atoms with Gasteiger partial charge in [-0.3, -0.25) is 9.59 Å². The number of alkyl halides is 3. The predicted molar refractivity (Wildman–Crippen MR) is 121 cm³/mol.